The van der Waals surface area contributed by atoms with E-state index in [2.05, 4.69) is 5.32 Å². The van der Waals surface area contributed by atoms with Gasteiger partial charge in [-0.3, -0.25) is 4.79 Å². The number of amides is 1. The number of nitrogens with one attached hydrogen (secondary N) is 1. The third-order valence-electron chi connectivity index (χ3n) is 2.79. The predicted octanol–water partition coefficient (Wildman–Crippen LogP) is 2.46. The lowest BCUT2D eigenvalue weighted by Crippen LogP contribution is -2.15. The van der Waals surface area contributed by atoms with Crippen LogP contribution in [0.4, 0.5) is 11.4 Å². The zero-order valence-electron chi connectivity index (χ0n) is 10.7. The van der Waals surface area contributed by atoms with Gasteiger partial charge in [-0.15, -0.1) is 0 Å². The van der Waals surface area contributed by atoms with Gasteiger partial charge in [-0.05, 0) is 23.8 Å². The SMILES string of the molecule is COc1ccccc1NC(=O)Cc1ccccc1N. The Bertz CT molecular complexity index is 582. The van der Waals surface area contributed by atoms with E-state index < -0.39 is 0 Å². The topological polar surface area (TPSA) is 64.3 Å². The monoisotopic (exact) mass is 256 g/mol. The fraction of sp³-hybridized carbons (Fsp3) is 0.133. The number of carbonyl (C=O) groups is 1. The Balaban J connectivity index is 2.08. The van der Waals surface area contributed by atoms with Crippen LogP contribution in [-0.2, 0) is 11.2 Å². The van der Waals surface area contributed by atoms with Gasteiger partial charge in [-0.1, -0.05) is 30.3 Å². The summed E-state index contributed by atoms with van der Waals surface area (Å²) in [6, 6.07) is 14.6. The molecule has 2 rings (SSSR count). The minimum absolute atomic E-state index is 0.123. The van der Waals surface area contributed by atoms with E-state index in [1.807, 2.05) is 30.3 Å². The maximum absolute atomic E-state index is 12.0. The smallest absolute Gasteiger partial charge is 0.228 e. The minimum Gasteiger partial charge on any atom is -0.495 e. The number of rotatable bonds is 4. The van der Waals surface area contributed by atoms with Crippen LogP contribution in [0, 0.1) is 0 Å². The van der Waals surface area contributed by atoms with Crippen molar-refractivity contribution >= 4 is 17.3 Å². The number of ether oxygens (including phenoxy) is 1. The van der Waals surface area contributed by atoms with Crippen LogP contribution in [0.3, 0.4) is 0 Å². The lowest BCUT2D eigenvalue weighted by molar-refractivity contribution is -0.115. The zero-order valence-corrected chi connectivity index (χ0v) is 10.7. The van der Waals surface area contributed by atoms with Crippen LogP contribution < -0.4 is 15.8 Å². The summed E-state index contributed by atoms with van der Waals surface area (Å²) in [6.07, 6.45) is 0.241. The molecule has 0 aromatic heterocycles. The Hall–Kier alpha value is -2.49. The van der Waals surface area contributed by atoms with Crippen molar-refractivity contribution < 1.29 is 9.53 Å². The van der Waals surface area contributed by atoms with Gasteiger partial charge in [-0.2, -0.15) is 0 Å². The van der Waals surface area contributed by atoms with E-state index in [4.69, 9.17) is 10.5 Å². The Morgan fingerprint density at radius 3 is 2.58 bits per heavy atom. The number of carbonyl (C=O) groups excluding carboxylic acids is 1. The summed E-state index contributed by atoms with van der Waals surface area (Å²) in [6.45, 7) is 0. The molecule has 19 heavy (non-hydrogen) atoms. The summed E-state index contributed by atoms with van der Waals surface area (Å²) in [5.74, 6) is 0.513. The highest BCUT2D eigenvalue weighted by atomic mass is 16.5. The summed E-state index contributed by atoms with van der Waals surface area (Å²) in [5.41, 5.74) is 7.91. The fourth-order valence-electron chi connectivity index (χ4n) is 1.81. The molecule has 0 saturated carbocycles. The highest BCUT2D eigenvalue weighted by molar-refractivity contribution is 5.94. The molecule has 2 aromatic carbocycles. The maximum Gasteiger partial charge on any atom is 0.228 e. The summed E-state index contributed by atoms with van der Waals surface area (Å²) in [4.78, 5) is 12.0. The van der Waals surface area contributed by atoms with E-state index in [1.165, 1.54) is 0 Å². The van der Waals surface area contributed by atoms with Crippen molar-refractivity contribution in [2.45, 2.75) is 6.42 Å². The normalized spacial score (nSPS) is 9.95. The number of hydrogen-bond donors (Lipinski definition) is 2. The fourth-order valence-corrected chi connectivity index (χ4v) is 1.81. The van der Waals surface area contributed by atoms with Gasteiger partial charge in [0.2, 0.25) is 5.91 Å². The van der Waals surface area contributed by atoms with Gasteiger partial charge in [0.25, 0.3) is 0 Å². The highest BCUT2D eigenvalue weighted by Gasteiger charge is 2.09. The minimum atomic E-state index is -0.123. The van der Waals surface area contributed by atoms with Crippen molar-refractivity contribution in [2.75, 3.05) is 18.2 Å². The molecule has 1 amide bonds. The van der Waals surface area contributed by atoms with E-state index in [0.717, 1.165) is 5.56 Å². The van der Waals surface area contributed by atoms with Crippen LogP contribution in [-0.4, -0.2) is 13.0 Å². The van der Waals surface area contributed by atoms with Crippen LogP contribution in [0.25, 0.3) is 0 Å². The quantitative estimate of drug-likeness (QED) is 0.826. The molecule has 2 aromatic rings. The van der Waals surface area contributed by atoms with Gasteiger partial charge >= 0.3 is 0 Å². The Morgan fingerprint density at radius 2 is 1.84 bits per heavy atom. The average Bonchev–Trinajstić information content (AvgIpc) is 2.42. The zero-order chi connectivity index (χ0) is 13.7. The molecule has 3 N–H and O–H groups in total. The second-order valence-electron chi connectivity index (χ2n) is 4.12. The van der Waals surface area contributed by atoms with Crippen LogP contribution in [0.15, 0.2) is 48.5 Å². The first-order valence-electron chi connectivity index (χ1n) is 5.97. The van der Waals surface area contributed by atoms with Gasteiger partial charge in [0.15, 0.2) is 0 Å². The molecule has 0 fully saturated rings. The molecule has 0 heterocycles. The second-order valence-corrected chi connectivity index (χ2v) is 4.12. The van der Waals surface area contributed by atoms with Crippen LogP contribution >= 0.6 is 0 Å². The van der Waals surface area contributed by atoms with E-state index in [-0.39, 0.29) is 12.3 Å². The van der Waals surface area contributed by atoms with E-state index in [1.54, 1.807) is 25.3 Å². The van der Waals surface area contributed by atoms with Gasteiger partial charge in [0.05, 0.1) is 19.2 Å². The van der Waals surface area contributed by atoms with Gasteiger partial charge in [0, 0.05) is 5.69 Å². The van der Waals surface area contributed by atoms with Crippen molar-refractivity contribution in [1.29, 1.82) is 0 Å². The first-order valence-corrected chi connectivity index (χ1v) is 5.97. The van der Waals surface area contributed by atoms with Crippen molar-refractivity contribution in [3.05, 3.63) is 54.1 Å². The number of nitrogen functional groups attached to an aromatic ring is 1. The molecule has 98 valence electrons. The summed E-state index contributed by atoms with van der Waals surface area (Å²) in [5, 5.41) is 2.82. The molecule has 0 aliphatic rings. The Labute approximate surface area is 112 Å². The largest absolute Gasteiger partial charge is 0.495 e. The summed E-state index contributed by atoms with van der Waals surface area (Å²) in [7, 11) is 1.57. The van der Waals surface area contributed by atoms with Crippen molar-refractivity contribution in [1.82, 2.24) is 0 Å². The number of benzene rings is 2. The standard InChI is InChI=1S/C15H16N2O2/c1-19-14-9-5-4-8-13(14)17-15(18)10-11-6-2-3-7-12(11)16/h2-9H,10,16H2,1H3,(H,17,18). The van der Waals surface area contributed by atoms with Crippen molar-refractivity contribution in [2.24, 2.45) is 0 Å². The van der Waals surface area contributed by atoms with E-state index in [9.17, 15) is 4.79 Å². The third-order valence-corrected chi connectivity index (χ3v) is 2.79. The molecular formula is C15H16N2O2. The lowest BCUT2D eigenvalue weighted by atomic mass is 10.1. The third kappa shape index (κ3) is 3.25. The van der Waals surface area contributed by atoms with Crippen molar-refractivity contribution in [3.63, 3.8) is 0 Å². The molecule has 0 spiro atoms. The number of hydrogen-bond acceptors (Lipinski definition) is 3. The highest BCUT2D eigenvalue weighted by Crippen LogP contribution is 2.23. The summed E-state index contributed by atoms with van der Waals surface area (Å²) >= 11 is 0. The maximum atomic E-state index is 12.0. The van der Waals surface area contributed by atoms with Crippen LogP contribution in [0.2, 0.25) is 0 Å². The molecular weight excluding hydrogens is 240 g/mol. The van der Waals surface area contributed by atoms with Gasteiger partial charge in [0.1, 0.15) is 5.75 Å². The lowest BCUT2D eigenvalue weighted by Gasteiger charge is -2.10. The number of para-hydroxylation sites is 3. The Morgan fingerprint density at radius 1 is 1.16 bits per heavy atom. The van der Waals surface area contributed by atoms with Crippen LogP contribution in [0.1, 0.15) is 5.56 Å². The molecule has 0 atom stereocenters. The molecule has 0 radical (unpaired) electrons. The van der Waals surface area contributed by atoms with E-state index >= 15 is 0 Å². The first-order chi connectivity index (χ1) is 9.20. The van der Waals surface area contributed by atoms with Gasteiger partial charge < -0.3 is 15.8 Å². The molecule has 0 aliphatic carbocycles. The summed E-state index contributed by atoms with van der Waals surface area (Å²) < 4.78 is 5.18. The van der Waals surface area contributed by atoms with E-state index in [0.29, 0.717) is 17.1 Å². The van der Waals surface area contributed by atoms with Crippen molar-refractivity contribution in [3.8, 4) is 5.75 Å². The Kier molecular flexibility index (Phi) is 4.03. The number of anilines is 2. The molecule has 4 nitrogen and oxygen atoms in total. The first kappa shape index (κ1) is 13.0. The number of methoxy groups -OCH3 is 1. The number of nitrogens with two attached hydrogens (primary N) is 1. The predicted molar refractivity (Wildman–Crippen MR) is 76.2 cm³/mol. The molecule has 0 bridgehead atoms. The molecule has 0 unspecified atom stereocenters. The molecule has 4 heteroatoms. The molecule has 0 aliphatic heterocycles. The second kappa shape index (κ2) is 5.91. The molecule has 0 saturated heterocycles. The van der Waals surface area contributed by atoms with Gasteiger partial charge in [-0.25, -0.2) is 0 Å². The average molecular weight is 256 g/mol. The van der Waals surface area contributed by atoms with Crippen LogP contribution in [0.5, 0.6) is 5.75 Å².